The minimum atomic E-state index is -0.438. The lowest BCUT2D eigenvalue weighted by Crippen LogP contribution is -1.98. The molecule has 35 heavy (non-hydrogen) atoms. The monoisotopic (exact) mass is 467 g/mol. The summed E-state index contributed by atoms with van der Waals surface area (Å²) in [5.41, 5.74) is 5.18. The van der Waals surface area contributed by atoms with Gasteiger partial charge in [0.1, 0.15) is 11.6 Å². The third-order valence-electron chi connectivity index (χ3n) is 5.73. The number of aryl methyl sites for hydroxylation is 1. The Morgan fingerprint density at radius 3 is 2.54 bits per heavy atom. The summed E-state index contributed by atoms with van der Waals surface area (Å²) in [5, 5.41) is 27.9. The standard InChI is InChI=1S/C27H22FN5O2/c1-16-7-9-17(10-8-16)23-14-19(13-18-5-3-4-6-24(18)35-2)26(32-30-23)33-31-25-21-15-20(28)11-12-22(21)29-27(25)34/h3-12,14-15,29,34H,13H2,1-2H3. The second-order valence-corrected chi connectivity index (χ2v) is 8.15. The molecule has 3 aromatic carbocycles. The average Bonchev–Trinajstić information content (AvgIpc) is 3.18. The van der Waals surface area contributed by atoms with E-state index in [-0.39, 0.29) is 17.4 Å². The summed E-state index contributed by atoms with van der Waals surface area (Å²) in [6.07, 6.45) is 0.473. The summed E-state index contributed by atoms with van der Waals surface area (Å²) >= 11 is 0. The second kappa shape index (κ2) is 9.34. The van der Waals surface area contributed by atoms with Gasteiger partial charge in [-0.15, -0.1) is 20.4 Å². The van der Waals surface area contributed by atoms with Crippen LogP contribution in [0.3, 0.4) is 0 Å². The van der Waals surface area contributed by atoms with Crippen molar-refractivity contribution in [2.24, 2.45) is 10.2 Å². The summed E-state index contributed by atoms with van der Waals surface area (Å²) < 4.78 is 19.3. The van der Waals surface area contributed by atoms with Gasteiger partial charge in [-0.2, -0.15) is 0 Å². The number of azo groups is 1. The molecule has 8 heteroatoms. The molecule has 0 unspecified atom stereocenters. The Morgan fingerprint density at radius 1 is 0.943 bits per heavy atom. The molecule has 0 aliphatic heterocycles. The van der Waals surface area contributed by atoms with E-state index in [0.717, 1.165) is 28.0 Å². The molecule has 0 aliphatic carbocycles. The fraction of sp³-hybridized carbons (Fsp3) is 0.111. The van der Waals surface area contributed by atoms with E-state index in [1.54, 1.807) is 7.11 Å². The zero-order chi connectivity index (χ0) is 24.4. The SMILES string of the molecule is COc1ccccc1Cc1cc(-c2ccc(C)cc2)nnc1N=Nc1c(O)[nH]c2ccc(F)cc12. The maximum absolute atomic E-state index is 13.8. The molecule has 2 N–H and O–H groups in total. The summed E-state index contributed by atoms with van der Waals surface area (Å²) in [5.74, 6) is 0.391. The first-order chi connectivity index (χ1) is 17.0. The highest BCUT2D eigenvalue weighted by atomic mass is 19.1. The number of benzene rings is 3. The van der Waals surface area contributed by atoms with Crippen molar-refractivity contribution >= 4 is 22.4 Å². The van der Waals surface area contributed by atoms with E-state index in [1.165, 1.54) is 18.2 Å². The highest BCUT2D eigenvalue weighted by molar-refractivity contribution is 5.94. The van der Waals surface area contributed by atoms with E-state index in [4.69, 9.17) is 4.74 Å². The second-order valence-electron chi connectivity index (χ2n) is 8.15. The van der Waals surface area contributed by atoms with Gasteiger partial charge >= 0.3 is 0 Å². The Bertz CT molecular complexity index is 1540. The summed E-state index contributed by atoms with van der Waals surface area (Å²) in [6.45, 7) is 2.03. The minimum absolute atomic E-state index is 0.132. The van der Waals surface area contributed by atoms with Crippen LogP contribution in [0, 0.1) is 12.7 Å². The predicted molar refractivity (Wildman–Crippen MR) is 132 cm³/mol. The molecule has 0 aliphatic rings. The van der Waals surface area contributed by atoms with Crippen molar-refractivity contribution in [1.82, 2.24) is 15.2 Å². The molecule has 5 rings (SSSR count). The van der Waals surface area contributed by atoms with E-state index in [1.807, 2.05) is 61.5 Å². The van der Waals surface area contributed by atoms with E-state index < -0.39 is 5.82 Å². The predicted octanol–water partition coefficient (Wildman–Crippen LogP) is 6.79. The van der Waals surface area contributed by atoms with Crippen molar-refractivity contribution in [3.05, 3.63) is 95.3 Å². The first kappa shape index (κ1) is 22.2. The lowest BCUT2D eigenvalue weighted by molar-refractivity contribution is 0.410. The molecule has 2 heterocycles. The highest BCUT2D eigenvalue weighted by Crippen LogP contribution is 2.37. The fourth-order valence-electron chi connectivity index (χ4n) is 3.89. The molecule has 0 radical (unpaired) electrons. The number of rotatable bonds is 6. The van der Waals surface area contributed by atoms with Gasteiger partial charge in [0.25, 0.3) is 0 Å². The van der Waals surface area contributed by atoms with Crippen LogP contribution in [0.2, 0.25) is 0 Å². The van der Waals surface area contributed by atoms with Gasteiger partial charge in [-0.05, 0) is 42.8 Å². The van der Waals surface area contributed by atoms with Crippen LogP contribution < -0.4 is 4.74 Å². The van der Waals surface area contributed by atoms with Crippen LogP contribution in [0.15, 0.2) is 83.0 Å². The number of halogens is 1. The molecule has 0 amide bonds. The van der Waals surface area contributed by atoms with Crippen LogP contribution in [0.1, 0.15) is 16.7 Å². The third kappa shape index (κ3) is 4.59. The number of fused-ring (bicyclic) bond motifs is 1. The number of nitrogens with one attached hydrogen (secondary N) is 1. The van der Waals surface area contributed by atoms with Crippen LogP contribution in [0.5, 0.6) is 11.6 Å². The first-order valence-corrected chi connectivity index (χ1v) is 11.0. The molecule has 174 valence electrons. The molecule has 0 saturated heterocycles. The number of nitrogens with zero attached hydrogens (tertiary/aromatic N) is 4. The maximum Gasteiger partial charge on any atom is 0.218 e. The Balaban J connectivity index is 1.59. The smallest absolute Gasteiger partial charge is 0.218 e. The van der Waals surface area contributed by atoms with Gasteiger partial charge < -0.3 is 14.8 Å². The normalized spacial score (nSPS) is 11.4. The Kier molecular flexibility index (Phi) is 5.93. The van der Waals surface area contributed by atoms with E-state index in [0.29, 0.717) is 23.0 Å². The van der Waals surface area contributed by atoms with Gasteiger partial charge in [0.15, 0.2) is 11.5 Å². The van der Waals surface area contributed by atoms with Crippen molar-refractivity contribution in [2.75, 3.05) is 7.11 Å². The van der Waals surface area contributed by atoms with E-state index >= 15 is 0 Å². The van der Waals surface area contributed by atoms with Crippen LogP contribution in [-0.4, -0.2) is 27.4 Å². The number of hydrogen-bond donors (Lipinski definition) is 2. The number of aromatic hydroxyl groups is 1. The number of aromatic amines is 1. The maximum atomic E-state index is 13.8. The van der Waals surface area contributed by atoms with Gasteiger partial charge in [0, 0.05) is 22.9 Å². The lowest BCUT2D eigenvalue weighted by Gasteiger charge is -2.10. The summed E-state index contributed by atoms with van der Waals surface area (Å²) in [6, 6.07) is 21.8. The Labute approximate surface area is 201 Å². The van der Waals surface area contributed by atoms with Crippen molar-refractivity contribution in [3.8, 4) is 22.9 Å². The number of ether oxygens (including phenoxy) is 1. The van der Waals surface area contributed by atoms with Crippen LogP contribution in [-0.2, 0) is 6.42 Å². The molecule has 0 fully saturated rings. The number of H-pyrrole nitrogens is 1. The molecule has 5 aromatic rings. The molecule has 0 spiro atoms. The van der Waals surface area contributed by atoms with Crippen molar-refractivity contribution < 1.29 is 14.2 Å². The van der Waals surface area contributed by atoms with E-state index in [9.17, 15) is 9.50 Å². The van der Waals surface area contributed by atoms with Gasteiger partial charge in [0.05, 0.1) is 18.3 Å². The zero-order valence-corrected chi connectivity index (χ0v) is 19.2. The molecular weight excluding hydrogens is 445 g/mol. The van der Waals surface area contributed by atoms with Crippen LogP contribution in [0.4, 0.5) is 15.9 Å². The average molecular weight is 468 g/mol. The number of para-hydroxylation sites is 1. The number of aromatic nitrogens is 3. The molecule has 0 bridgehead atoms. The van der Waals surface area contributed by atoms with Gasteiger partial charge in [-0.3, -0.25) is 0 Å². The molecule has 7 nitrogen and oxygen atoms in total. The Hall–Kier alpha value is -4.59. The summed E-state index contributed by atoms with van der Waals surface area (Å²) in [7, 11) is 1.63. The highest BCUT2D eigenvalue weighted by Gasteiger charge is 2.15. The van der Waals surface area contributed by atoms with Crippen molar-refractivity contribution in [3.63, 3.8) is 0 Å². The van der Waals surface area contributed by atoms with Crippen molar-refractivity contribution in [2.45, 2.75) is 13.3 Å². The number of hydrogen-bond acceptors (Lipinski definition) is 6. The quantitative estimate of drug-likeness (QED) is 0.269. The zero-order valence-electron chi connectivity index (χ0n) is 19.2. The molecular formula is C27H22FN5O2. The molecule has 2 aromatic heterocycles. The van der Waals surface area contributed by atoms with Gasteiger partial charge in [-0.25, -0.2) is 4.39 Å². The van der Waals surface area contributed by atoms with Crippen LogP contribution in [0.25, 0.3) is 22.2 Å². The lowest BCUT2D eigenvalue weighted by atomic mass is 10.0. The van der Waals surface area contributed by atoms with Gasteiger partial charge in [0.2, 0.25) is 5.88 Å². The Morgan fingerprint density at radius 2 is 1.74 bits per heavy atom. The minimum Gasteiger partial charge on any atom is -0.496 e. The van der Waals surface area contributed by atoms with Crippen LogP contribution >= 0.6 is 0 Å². The molecule has 0 atom stereocenters. The largest absolute Gasteiger partial charge is 0.496 e. The fourth-order valence-corrected chi connectivity index (χ4v) is 3.89. The summed E-state index contributed by atoms with van der Waals surface area (Å²) in [4.78, 5) is 2.78. The topological polar surface area (TPSA) is 95.8 Å². The van der Waals surface area contributed by atoms with Crippen molar-refractivity contribution in [1.29, 1.82) is 0 Å². The van der Waals surface area contributed by atoms with E-state index in [2.05, 4.69) is 25.4 Å². The molecule has 0 saturated carbocycles. The first-order valence-electron chi connectivity index (χ1n) is 11.0. The third-order valence-corrected chi connectivity index (χ3v) is 5.73. The van der Waals surface area contributed by atoms with Gasteiger partial charge in [-0.1, -0.05) is 48.0 Å². The number of methoxy groups -OCH3 is 1.